The van der Waals surface area contributed by atoms with Gasteiger partial charge in [-0.2, -0.15) is 0 Å². The predicted octanol–water partition coefficient (Wildman–Crippen LogP) is 2.76. The van der Waals surface area contributed by atoms with Gasteiger partial charge in [-0.1, -0.05) is 19.1 Å². The Morgan fingerprint density at radius 3 is 2.87 bits per heavy atom. The summed E-state index contributed by atoms with van der Waals surface area (Å²) < 4.78 is 5.58. The van der Waals surface area contributed by atoms with E-state index in [2.05, 4.69) is 25.1 Å². The van der Waals surface area contributed by atoms with Crippen LogP contribution in [0.5, 0.6) is 5.75 Å². The fraction of sp³-hybridized carbons (Fsp3) is 0.538. The molecule has 0 aliphatic carbocycles. The van der Waals surface area contributed by atoms with E-state index in [1.165, 1.54) is 5.56 Å². The maximum Gasteiger partial charge on any atom is 0.119 e. The van der Waals surface area contributed by atoms with Crippen molar-refractivity contribution in [3.63, 3.8) is 0 Å². The predicted molar refractivity (Wildman–Crippen MR) is 64.2 cm³/mol. The highest BCUT2D eigenvalue weighted by atomic mass is 16.5. The number of rotatable bonds is 7. The third kappa shape index (κ3) is 4.84. The molecule has 0 atom stereocenters. The molecular formula is C13H21NO. The molecule has 0 fully saturated rings. The second-order valence-electron chi connectivity index (χ2n) is 3.74. The van der Waals surface area contributed by atoms with Crippen LogP contribution in [0.3, 0.4) is 0 Å². The molecule has 2 N–H and O–H groups in total. The highest BCUT2D eigenvalue weighted by molar-refractivity contribution is 5.28. The zero-order valence-electron chi connectivity index (χ0n) is 9.54. The molecule has 2 nitrogen and oxygen atoms in total. The van der Waals surface area contributed by atoms with E-state index >= 15 is 0 Å². The molecule has 0 unspecified atom stereocenters. The lowest BCUT2D eigenvalue weighted by molar-refractivity contribution is 0.317. The summed E-state index contributed by atoms with van der Waals surface area (Å²) in [7, 11) is 0. The third-order valence-corrected chi connectivity index (χ3v) is 2.29. The number of aryl methyl sites for hydroxylation is 1. The smallest absolute Gasteiger partial charge is 0.119 e. The van der Waals surface area contributed by atoms with E-state index in [-0.39, 0.29) is 0 Å². The van der Waals surface area contributed by atoms with E-state index in [1.807, 2.05) is 6.07 Å². The Kier molecular flexibility index (Phi) is 5.86. The zero-order valence-corrected chi connectivity index (χ0v) is 9.54. The van der Waals surface area contributed by atoms with Crippen LogP contribution in [-0.4, -0.2) is 13.2 Å². The Morgan fingerprint density at radius 2 is 2.13 bits per heavy atom. The number of hydrogen-bond donors (Lipinski definition) is 1. The van der Waals surface area contributed by atoms with Gasteiger partial charge < -0.3 is 10.5 Å². The number of nitrogens with two attached hydrogens (primary N) is 1. The first-order valence-corrected chi connectivity index (χ1v) is 5.78. The van der Waals surface area contributed by atoms with Crippen LogP contribution in [0.4, 0.5) is 0 Å². The number of ether oxygens (including phenoxy) is 1. The van der Waals surface area contributed by atoms with Crippen molar-refractivity contribution in [3.05, 3.63) is 29.8 Å². The molecular weight excluding hydrogens is 186 g/mol. The average molecular weight is 207 g/mol. The first kappa shape index (κ1) is 12.1. The van der Waals surface area contributed by atoms with Gasteiger partial charge >= 0.3 is 0 Å². The maximum absolute atomic E-state index is 5.58. The van der Waals surface area contributed by atoms with Crippen molar-refractivity contribution >= 4 is 0 Å². The Bertz CT molecular complexity index is 273. The lowest BCUT2D eigenvalue weighted by atomic mass is 10.1. The van der Waals surface area contributed by atoms with Crippen molar-refractivity contribution in [2.75, 3.05) is 13.2 Å². The van der Waals surface area contributed by atoms with Gasteiger partial charge in [0.05, 0.1) is 6.61 Å². The number of unbranched alkanes of at least 4 members (excludes halogenated alkanes) is 1. The summed E-state index contributed by atoms with van der Waals surface area (Å²) in [6.07, 6.45) is 4.41. The molecule has 1 rings (SSSR count). The second-order valence-corrected chi connectivity index (χ2v) is 3.74. The van der Waals surface area contributed by atoms with Crippen molar-refractivity contribution < 1.29 is 4.74 Å². The van der Waals surface area contributed by atoms with Crippen LogP contribution in [0.1, 0.15) is 31.7 Å². The quantitative estimate of drug-likeness (QED) is 0.698. The van der Waals surface area contributed by atoms with Crippen LogP contribution >= 0.6 is 0 Å². The molecule has 0 spiro atoms. The first-order chi connectivity index (χ1) is 7.36. The lowest BCUT2D eigenvalue weighted by Gasteiger charge is -2.06. The van der Waals surface area contributed by atoms with Crippen molar-refractivity contribution in [2.24, 2.45) is 5.73 Å². The van der Waals surface area contributed by atoms with E-state index in [0.29, 0.717) is 0 Å². The van der Waals surface area contributed by atoms with E-state index in [1.54, 1.807) is 0 Å². The van der Waals surface area contributed by atoms with E-state index < -0.39 is 0 Å². The van der Waals surface area contributed by atoms with Crippen molar-refractivity contribution in [1.29, 1.82) is 0 Å². The summed E-state index contributed by atoms with van der Waals surface area (Å²) in [6, 6.07) is 8.35. The van der Waals surface area contributed by atoms with Gasteiger partial charge in [-0.15, -0.1) is 0 Å². The Balaban J connectivity index is 2.42. The van der Waals surface area contributed by atoms with Gasteiger partial charge in [-0.05, 0) is 49.9 Å². The number of benzene rings is 1. The van der Waals surface area contributed by atoms with Crippen LogP contribution in [-0.2, 0) is 6.42 Å². The molecule has 1 aromatic rings. The molecule has 0 aromatic heterocycles. The van der Waals surface area contributed by atoms with Gasteiger partial charge in [-0.25, -0.2) is 0 Å². The van der Waals surface area contributed by atoms with Crippen LogP contribution in [0.2, 0.25) is 0 Å². The van der Waals surface area contributed by atoms with Gasteiger partial charge in [0.2, 0.25) is 0 Å². The van der Waals surface area contributed by atoms with Crippen LogP contribution in [0.15, 0.2) is 24.3 Å². The molecule has 0 aliphatic rings. The summed E-state index contributed by atoms with van der Waals surface area (Å²) in [4.78, 5) is 0. The van der Waals surface area contributed by atoms with Crippen LogP contribution < -0.4 is 10.5 Å². The minimum absolute atomic E-state index is 0.784. The molecule has 0 radical (unpaired) electrons. The van der Waals surface area contributed by atoms with E-state index in [4.69, 9.17) is 10.5 Å². The first-order valence-electron chi connectivity index (χ1n) is 5.78. The fourth-order valence-electron chi connectivity index (χ4n) is 1.48. The topological polar surface area (TPSA) is 35.2 Å². The highest BCUT2D eigenvalue weighted by Gasteiger charge is 1.96. The number of hydrogen-bond acceptors (Lipinski definition) is 2. The molecule has 15 heavy (non-hydrogen) atoms. The van der Waals surface area contributed by atoms with Crippen molar-refractivity contribution in [1.82, 2.24) is 0 Å². The van der Waals surface area contributed by atoms with Gasteiger partial charge in [0.25, 0.3) is 0 Å². The van der Waals surface area contributed by atoms with Gasteiger partial charge in [-0.3, -0.25) is 0 Å². The summed E-state index contributed by atoms with van der Waals surface area (Å²) in [6.45, 7) is 3.70. The molecule has 0 bridgehead atoms. The molecule has 0 saturated heterocycles. The molecule has 84 valence electrons. The highest BCUT2D eigenvalue weighted by Crippen LogP contribution is 2.15. The van der Waals surface area contributed by atoms with Gasteiger partial charge in [0.15, 0.2) is 0 Å². The maximum atomic E-state index is 5.58. The Morgan fingerprint density at radius 1 is 1.27 bits per heavy atom. The summed E-state index contributed by atoms with van der Waals surface area (Å²) in [5.41, 5.74) is 6.81. The summed E-state index contributed by atoms with van der Waals surface area (Å²) in [5, 5.41) is 0. The lowest BCUT2D eigenvalue weighted by Crippen LogP contribution is -1.99. The van der Waals surface area contributed by atoms with Crippen LogP contribution in [0.25, 0.3) is 0 Å². The molecule has 1 aromatic carbocycles. The largest absolute Gasteiger partial charge is 0.494 e. The summed E-state index contributed by atoms with van der Waals surface area (Å²) in [5.74, 6) is 0.988. The standard InChI is InChI=1S/C13H21NO/c1-2-10-15-13-8-5-7-12(11-13)6-3-4-9-14/h5,7-8,11H,2-4,6,9-10,14H2,1H3. The Labute approximate surface area is 92.4 Å². The zero-order chi connectivity index (χ0) is 10.9. The second kappa shape index (κ2) is 7.30. The minimum Gasteiger partial charge on any atom is -0.494 e. The van der Waals surface area contributed by atoms with Gasteiger partial charge in [0.1, 0.15) is 5.75 Å². The molecule has 0 amide bonds. The van der Waals surface area contributed by atoms with Crippen molar-refractivity contribution in [2.45, 2.75) is 32.6 Å². The van der Waals surface area contributed by atoms with Crippen molar-refractivity contribution in [3.8, 4) is 5.75 Å². The fourth-order valence-corrected chi connectivity index (χ4v) is 1.48. The molecule has 0 saturated carbocycles. The van der Waals surface area contributed by atoms with E-state index in [9.17, 15) is 0 Å². The molecule has 0 aliphatic heterocycles. The monoisotopic (exact) mass is 207 g/mol. The average Bonchev–Trinajstić information content (AvgIpc) is 2.27. The molecule has 0 heterocycles. The summed E-state index contributed by atoms with van der Waals surface area (Å²) >= 11 is 0. The Hall–Kier alpha value is -1.02. The normalized spacial score (nSPS) is 10.3. The third-order valence-electron chi connectivity index (χ3n) is 2.29. The SMILES string of the molecule is CCCOc1cccc(CCCCN)c1. The van der Waals surface area contributed by atoms with E-state index in [0.717, 1.165) is 44.6 Å². The van der Waals surface area contributed by atoms with Gasteiger partial charge in [0, 0.05) is 0 Å². The minimum atomic E-state index is 0.784. The molecule has 2 heteroatoms. The van der Waals surface area contributed by atoms with Crippen LogP contribution in [0, 0.1) is 0 Å².